The predicted octanol–water partition coefficient (Wildman–Crippen LogP) is 2.12. The minimum absolute atomic E-state index is 0.323. The van der Waals surface area contributed by atoms with Crippen molar-refractivity contribution in [3.05, 3.63) is 12.2 Å². The monoisotopic (exact) mass is 230 g/mol. The summed E-state index contributed by atoms with van der Waals surface area (Å²) in [6.45, 7) is 5.70. The van der Waals surface area contributed by atoms with Gasteiger partial charge < -0.3 is 9.53 Å². The minimum atomic E-state index is -0.869. The van der Waals surface area contributed by atoms with Crippen molar-refractivity contribution < 1.29 is 14.3 Å². The highest BCUT2D eigenvalue weighted by Crippen LogP contribution is 2.21. The summed E-state index contributed by atoms with van der Waals surface area (Å²) in [5.74, 6) is -0.869. The topological polar surface area (TPSA) is 46.5 Å². The molecule has 0 saturated carbocycles. The van der Waals surface area contributed by atoms with Crippen molar-refractivity contribution in [1.29, 1.82) is 0 Å². The van der Waals surface area contributed by atoms with Crippen LogP contribution in [0, 0.1) is 0 Å². The second-order valence-corrected chi connectivity index (χ2v) is 5.98. The first-order chi connectivity index (χ1) is 7.11. The lowest BCUT2D eigenvalue weighted by Crippen LogP contribution is -2.07. The van der Waals surface area contributed by atoms with Crippen LogP contribution in [-0.2, 0) is 9.22 Å². The van der Waals surface area contributed by atoms with Gasteiger partial charge in [-0.1, -0.05) is 32.8 Å². The Kier molecular flexibility index (Phi) is 8.32. The predicted molar refractivity (Wildman–Crippen MR) is 64.8 cm³/mol. The maximum absolute atomic E-state index is 10.5. The molecule has 0 fully saturated rings. The maximum Gasteiger partial charge on any atom is 0.330 e. The van der Waals surface area contributed by atoms with Crippen LogP contribution in [0.25, 0.3) is 0 Å². The molecule has 3 nitrogen and oxygen atoms in total. The van der Waals surface area contributed by atoms with E-state index in [0.29, 0.717) is 17.5 Å². The average Bonchev–Trinajstić information content (AvgIpc) is 2.18. The van der Waals surface area contributed by atoms with E-state index < -0.39 is 15.7 Å². The lowest BCUT2D eigenvalue weighted by atomic mass is 10.1. The highest BCUT2D eigenvalue weighted by Gasteiger charge is 2.10. The summed E-state index contributed by atoms with van der Waals surface area (Å²) >= 11 is 0. The smallest absolute Gasteiger partial charge is 0.330 e. The SMILES string of the molecule is C=C(CCCC(CCC)[SiH2]OC)C(=O)O. The molecule has 0 bridgehead atoms. The molecule has 0 saturated heterocycles. The summed E-state index contributed by atoms with van der Waals surface area (Å²) in [6.07, 6.45) is 5.00. The van der Waals surface area contributed by atoms with Crippen LogP contribution in [0.3, 0.4) is 0 Å². The molecule has 0 aliphatic carbocycles. The first kappa shape index (κ1) is 14.4. The van der Waals surface area contributed by atoms with Crippen LogP contribution in [0.5, 0.6) is 0 Å². The van der Waals surface area contributed by atoms with Gasteiger partial charge >= 0.3 is 5.97 Å². The Morgan fingerprint density at radius 3 is 2.67 bits per heavy atom. The zero-order valence-electron chi connectivity index (χ0n) is 9.79. The molecule has 0 aliphatic rings. The number of carboxylic acids is 1. The van der Waals surface area contributed by atoms with Crippen LogP contribution >= 0.6 is 0 Å². The molecule has 0 aromatic rings. The quantitative estimate of drug-likeness (QED) is 0.487. The molecule has 0 radical (unpaired) electrons. The van der Waals surface area contributed by atoms with Crippen molar-refractivity contribution in [3.63, 3.8) is 0 Å². The van der Waals surface area contributed by atoms with E-state index in [1.54, 1.807) is 7.11 Å². The Hall–Kier alpha value is -0.613. The zero-order chi connectivity index (χ0) is 11.7. The van der Waals surface area contributed by atoms with Crippen molar-refractivity contribution in [2.45, 2.75) is 44.6 Å². The molecule has 0 aliphatic heterocycles. The molecule has 0 heterocycles. The van der Waals surface area contributed by atoms with Crippen molar-refractivity contribution in [1.82, 2.24) is 0 Å². The second-order valence-electron chi connectivity index (χ2n) is 3.91. The van der Waals surface area contributed by atoms with Crippen LogP contribution in [-0.4, -0.2) is 27.9 Å². The largest absolute Gasteiger partial charge is 0.478 e. The summed E-state index contributed by atoms with van der Waals surface area (Å²) in [5.41, 5.74) is 1.02. The third-order valence-electron chi connectivity index (χ3n) is 2.49. The third-order valence-corrected chi connectivity index (χ3v) is 4.11. The highest BCUT2D eigenvalue weighted by atomic mass is 28.2. The summed E-state index contributed by atoms with van der Waals surface area (Å²) in [5, 5.41) is 8.64. The van der Waals surface area contributed by atoms with Gasteiger partial charge in [-0.25, -0.2) is 4.79 Å². The van der Waals surface area contributed by atoms with Crippen molar-refractivity contribution >= 4 is 15.7 Å². The average molecular weight is 230 g/mol. The van der Waals surface area contributed by atoms with Crippen LogP contribution in [0.1, 0.15) is 39.0 Å². The van der Waals surface area contributed by atoms with E-state index in [0.717, 1.165) is 12.8 Å². The van der Waals surface area contributed by atoms with Gasteiger partial charge in [-0.15, -0.1) is 0 Å². The van der Waals surface area contributed by atoms with Crippen molar-refractivity contribution in [3.8, 4) is 0 Å². The molecule has 1 N–H and O–H groups in total. The van der Waals surface area contributed by atoms with Gasteiger partial charge in [0.1, 0.15) is 0 Å². The summed E-state index contributed by atoms with van der Waals surface area (Å²) in [4.78, 5) is 10.5. The normalized spacial score (nSPS) is 13.2. The molecule has 15 heavy (non-hydrogen) atoms. The van der Waals surface area contributed by atoms with Crippen LogP contribution in [0.4, 0.5) is 0 Å². The Morgan fingerprint density at radius 1 is 1.53 bits per heavy atom. The summed E-state index contributed by atoms with van der Waals surface area (Å²) < 4.78 is 5.26. The number of carbonyl (C=O) groups is 1. The number of hydrogen-bond acceptors (Lipinski definition) is 2. The third kappa shape index (κ3) is 7.33. The van der Waals surface area contributed by atoms with Gasteiger partial charge in [-0.3, -0.25) is 0 Å². The fourth-order valence-corrected chi connectivity index (χ4v) is 3.17. The van der Waals surface area contributed by atoms with Gasteiger partial charge in [0.15, 0.2) is 9.76 Å². The van der Waals surface area contributed by atoms with Gasteiger partial charge in [-0.2, -0.15) is 0 Å². The van der Waals surface area contributed by atoms with Gasteiger partial charge in [-0.05, 0) is 18.4 Å². The molecular formula is C11H22O3Si. The maximum atomic E-state index is 10.5. The molecular weight excluding hydrogens is 208 g/mol. The number of carboxylic acid groups (broad SMARTS) is 1. The first-order valence-corrected chi connectivity index (χ1v) is 6.91. The molecule has 0 aromatic heterocycles. The van der Waals surface area contributed by atoms with Crippen LogP contribution in [0.15, 0.2) is 12.2 Å². The molecule has 1 unspecified atom stereocenters. The van der Waals surface area contributed by atoms with E-state index in [1.165, 1.54) is 12.8 Å². The molecule has 88 valence electrons. The Balaban J connectivity index is 3.69. The number of rotatable bonds is 9. The Morgan fingerprint density at radius 2 is 2.20 bits per heavy atom. The Bertz CT molecular complexity index is 198. The fourth-order valence-electron chi connectivity index (χ4n) is 1.67. The Labute approximate surface area is 94.5 Å². The molecule has 1 atom stereocenters. The molecule has 0 amide bonds. The second kappa shape index (κ2) is 8.68. The lowest BCUT2D eigenvalue weighted by Gasteiger charge is -2.13. The first-order valence-electron chi connectivity index (χ1n) is 5.51. The zero-order valence-corrected chi connectivity index (χ0v) is 11.2. The fraction of sp³-hybridized carbons (Fsp3) is 0.727. The van der Waals surface area contributed by atoms with Gasteiger partial charge in [0.2, 0.25) is 0 Å². The van der Waals surface area contributed by atoms with E-state index in [-0.39, 0.29) is 0 Å². The van der Waals surface area contributed by atoms with Gasteiger partial charge in [0.25, 0.3) is 0 Å². The van der Waals surface area contributed by atoms with E-state index in [9.17, 15) is 4.79 Å². The van der Waals surface area contributed by atoms with E-state index in [4.69, 9.17) is 9.53 Å². The molecule has 0 spiro atoms. The summed E-state index contributed by atoms with van der Waals surface area (Å²) in [7, 11) is 1.35. The molecule has 0 rings (SSSR count). The molecule has 4 heteroatoms. The van der Waals surface area contributed by atoms with E-state index in [1.807, 2.05) is 0 Å². The van der Waals surface area contributed by atoms with Crippen molar-refractivity contribution in [2.24, 2.45) is 0 Å². The van der Waals surface area contributed by atoms with Gasteiger partial charge in [0, 0.05) is 12.7 Å². The highest BCUT2D eigenvalue weighted by molar-refractivity contribution is 6.29. The standard InChI is InChI=1S/C11H22O3Si/c1-4-6-10(15-14-3)8-5-7-9(2)11(12)13/h10H,2,4-8,15H2,1,3H3,(H,12,13). The van der Waals surface area contributed by atoms with Crippen LogP contribution in [0.2, 0.25) is 5.54 Å². The minimum Gasteiger partial charge on any atom is -0.478 e. The van der Waals surface area contributed by atoms with E-state index >= 15 is 0 Å². The summed E-state index contributed by atoms with van der Waals surface area (Å²) in [6, 6.07) is 0. The number of hydrogen-bond donors (Lipinski definition) is 1. The molecule has 0 aromatic carbocycles. The van der Waals surface area contributed by atoms with E-state index in [2.05, 4.69) is 13.5 Å². The lowest BCUT2D eigenvalue weighted by molar-refractivity contribution is -0.132. The van der Waals surface area contributed by atoms with Crippen LogP contribution < -0.4 is 0 Å². The number of aliphatic carboxylic acids is 1. The van der Waals surface area contributed by atoms with Crippen molar-refractivity contribution in [2.75, 3.05) is 7.11 Å². The van der Waals surface area contributed by atoms with Gasteiger partial charge in [0.05, 0.1) is 0 Å².